The minimum absolute atomic E-state index is 0.227. The number of nitrogens with one attached hydrogen (secondary N) is 2. The zero-order valence-electron chi connectivity index (χ0n) is 19.2. The molecule has 0 bridgehead atoms. The van der Waals surface area contributed by atoms with Gasteiger partial charge in [-0.15, -0.1) is 0 Å². The summed E-state index contributed by atoms with van der Waals surface area (Å²) in [6, 6.07) is 12.2. The number of methoxy groups -OCH3 is 1. The number of rotatable bonds is 5. The highest BCUT2D eigenvalue weighted by molar-refractivity contribution is 5.99. The van der Waals surface area contributed by atoms with Crippen LogP contribution < -0.4 is 10.6 Å². The minimum atomic E-state index is -0.442. The van der Waals surface area contributed by atoms with Crippen LogP contribution in [0.1, 0.15) is 34.9 Å². The molecule has 3 aromatic rings. The molecule has 0 aliphatic heterocycles. The van der Waals surface area contributed by atoms with E-state index in [0.29, 0.717) is 6.42 Å². The van der Waals surface area contributed by atoms with Crippen LogP contribution in [0.5, 0.6) is 0 Å². The molecule has 1 unspecified atom stereocenters. The molecule has 4 rings (SSSR count). The maximum atomic E-state index is 11.3. The normalized spacial score (nSPS) is 17.2. The van der Waals surface area contributed by atoms with Crippen LogP contribution in [0.3, 0.4) is 0 Å². The fourth-order valence-corrected chi connectivity index (χ4v) is 3.88. The number of hydrogen-bond donors (Lipinski definition) is 2. The second-order valence-corrected chi connectivity index (χ2v) is 8.48. The second kappa shape index (κ2) is 8.63. The number of nitrogens with zero attached hydrogens (tertiary/aromatic N) is 1. The summed E-state index contributed by atoms with van der Waals surface area (Å²) in [5.41, 5.74) is 8.07. The van der Waals surface area contributed by atoms with Crippen LogP contribution in [-0.4, -0.2) is 30.8 Å². The van der Waals surface area contributed by atoms with Crippen molar-refractivity contribution in [2.45, 2.75) is 39.4 Å². The number of anilines is 2. The third-order valence-electron chi connectivity index (χ3n) is 6.10. The number of ether oxygens (including phenoxy) is 2. The largest absolute Gasteiger partial charge is 0.445 e. The lowest BCUT2D eigenvalue weighted by Crippen LogP contribution is -2.30. The average molecular weight is 432 g/mol. The number of hydrogen-bond acceptors (Lipinski definition) is 5. The van der Waals surface area contributed by atoms with Gasteiger partial charge in [-0.25, -0.2) is 4.79 Å². The summed E-state index contributed by atoms with van der Waals surface area (Å²) in [7, 11) is 3.28. The van der Waals surface area contributed by atoms with Crippen LogP contribution in [0.4, 0.5) is 16.2 Å². The van der Waals surface area contributed by atoms with E-state index >= 15 is 0 Å². The van der Waals surface area contributed by atoms with Crippen molar-refractivity contribution in [2.24, 2.45) is 0 Å². The van der Waals surface area contributed by atoms with Crippen molar-refractivity contribution in [1.29, 1.82) is 0 Å². The second-order valence-electron chi connectivity index (χ2n) is 8.48. The first-order chi connectivity index (χ1) is 15.3. The lowest BCUT2D eigenvalue weighted by molar-refractivity contribution is 0.0480. The predicted molar refractivity (Wildman–Crippen MR) is 128 cm³/mol. The lowest BCUT2D eigenvalue weighted by atomic mass is 9.88. The first-order valence-corrected chi connectivity index (χ1v) is 10.7. The van der Waals surface area contributed by atoms with Gasteiger partial charge in [0.1, 0.15) is 6.61 Å². The lowest BCUT2D eigenvalue weighted by Gasteiger charge is -2.30. The van der Waals surface area contributed by atoms with Gasteiger partial charge in [0.15, 0.2) is 0 Å². The molecule has 0 spiro atoms. The van der Waals surface area contributed by atoms with Crippen molar-refractivity contribution in [3.63, 3.8) is 0 Å². The van der Waals surface area contributed by atoms with Crippen LogP contribution in [0.25, 0.3) is 17.0 Å². The molecule has 1 aliphatic carbocycles. The van der Waals surface area contributed by atoms with Crippen LogP contribution >= 0.6 is 0 Å². The van der Waals surface area contributed by atoms with Gasteiger partial charge in [0.2, 0.25) is 0 Å². The molecule has 166 valence electrons. The maximum Gasteiger partial charge on any atom is 0.407 e. The molecule has 0 saturated carbocycles. The highest BCUT2D eigenvalue weighted by Gasteiger charge is 2.28. The van der Waals surface area contributed by atoms with Crippen molar-refractivity contribution < 1.29 is 14.3 Å². The van der Waals surface area contributed by atoms with Gasteiger partial charge in [0.05, 0.1) is 22.5 Å². The number of fused-ring (bicyclic) bond motifs is 2. The Labute approximate surface area is 188 Å². The van der Waals surface area contributed by atoms with Gasteiger partial charge in [-0.1, -0.05) is 24.3 Å². The molecule has 1 atom stereocenters. The fraction of sp³-hybridized carbons (Fsp3) is 0.308. The first-order valence-electron chi connectivity index (χ1n) is 10.7. The van der Waals surface area contributed by atoms with E-state index in [1.54, 1.807) is 14.2 Å². The summed E-state index contributed by atoms with van der Waals surface area (Å²) in [5, 5.41) is 7.15. The summed E-state index contributed by atoms with van der Waals surface area (Å²) in [4.78, 5) is 16.3. The number of carbonyl (C=O) groups is 1. The molecule has 6 nitrogen and oxygen atoms in total. The van der Waals surface area contributed by atoms with Crippen LogP contribution in [-0.2, 0) is 22.5 Å². The Morgan fingerprint density at radius 1 is 1.16 bits per heavy atom. The Balaban J connectivity index is 1.73. The molecule has 1 aromatic heterocycles. The Bertz CT molecular complexity index is 1200. The smallest absolute Gasteiger partial charge is 0.407 e. The number of carbonyl (C=O) groups excluding carboxylic acids is 1. The van der Waals surface area contributed by atoms with E-state index in [1.807, 2.05) is 24.3 Å². The van der Waals surface area contributed by atoms with Crippen molar-refractivity contribution >= 4 is 34.4 Å². The van der Waals surface area contributed by atoms with E-state index in [-0.39, 0.29) is 12.2 Å². The topological polar surface area (TPSA) is 72.5 Å². The molecule has 0 fully saturated rings. The van der Waals surface area contributed by atoms with Crippen LogP contribution in [0.15, 0.2) is 42.5 Å². The molecule has 6 heteroatoms. The third kappa shape index (κ3) is 4.32. The fourth-order valence-electron chi connectivity index (χ4n) is 3.88. The SMILES string of the molecule is CNC(=O)OCc1ccc(Nc2c3c(nc4cc(C)c(C)cc24)CC(C)(OC)C=C3)cc1. The summed E-state index contributed by atoms with van der Waals surface area (Å²) < 4.78 is 10.8. The summed E-state index contributed by atoms with van der Waals surface area (Å²) >= 11 is 0. The summed E-state index contributed by atoms with van der Waals surface area (Å²) in [6.45, 7) is 6.54. The van der Waals surface area contributed by atoms with Crippen molar-refractivity contribution in [3.05, 3.63) is 70.4 Å². The summed E-state index contributed by atoms with van der Waals surface area (Å²) in [6.07, 6.45) is 4.48. The third-order valence-corrected chi connectivity index (χ3v) is 6.10. The highest BCUT2D eigenvalue weighted by atomic mass is 16.5. The molecule has 1 amide bonds. The molecule has 1 heterocycles. The minimum Gasteiger partial charge on any atom is -0.445 e. The van der Waals surface area contributed by atoms with Crippen molar-refractivity contribution in [2.75, 3.05) is 19.5 Å². The van der Waals surface area contributed by atoms with Gasteiger partial charge in [-0.3, -0.25) is 4.98 Å². The molecule has 2 aromatic carbocycles. The summed E-state index contributed by atoms with van der Waals surface area (Å²) in [5.74, 6) is 0. The number of amides is 1. The zero-order valence-corrected chi connectivity index (χ0v) is 19.2. The van der Waals surface area contributed by atoms with Gasteiger partial charge in [-0.2, -0.15) is 0 Å². The van der Waals surface area contributed by atoms with E-state index < -0.39 is 6.09 Å². The number of pyridine rings is 1. The van der Waals surface area contributed by atoms with Gasteiger partial charge in [0, 0.05) is 37.2 Å². The zero-order chi connectivity index (χ0) is 22.9. The van der Waals surface area contributed by atoms with Crippen molar-refractivity contribution in [3.8, 4) is 0 Å². The van der Waals surface area contributed by atoms with Gasteiger partial charge in [0.25, 0.3) is 0 Å². The molecule has 0 radical (unpaired) electrons. The monoisotopic (exact) mass is 431 g/mol. The quantitative estimate of drug-likeness (QED) is 0.564. The van der Waals surface area contributed by atoms with E-state index in [2.05, 4.69) is 55.7 Å². The molecule has 2 N–H and O–H groups in total. The van der Waals surface area contributed by atoms with Crippen LogP contribution in [0, 0.1) is 13.8 Å². The predicted octanol–water partition coefficient (Wildman–Crippen LogP) is 5.43. The molecular weight excluding hydrogens is 402 g/mol. The highest BCUT2D eigenvalue weighted by Crippen LogP contribution is 2.38. The van der Waals surface area contributed by atoms with Crippen LogP contribution in [0.2, 0.25) is 0 Å². The molecule has 1 aliphatic rings. The van der Waals surface area contributed by atoms with E-state index in [9.17, 15) is 4.79 Å². The van der Waals surface area contributed by atoms with E-state index in [4.69, 9.17) is 14.5 Å². The van der Waals surface area contributed by atoms with Gasteiger partial charge < -0.3 is 20.1 Å². The maximum absolute atomic E-state index is 11.3. The number of aryl methyl sites for hydroxylation is 2. The first kappa shape index (κ1) is 21.8. The Morgan fingerprint density at radius 2 is 1.88 bits per heavy atom. The number of alkyl carbamates (subject to hydrolysis) is 1. The Kier molecular flexibility index (Phi) is 5.89. The Morgan fingerprint density at radius 3 is 2.56 bits per heavy atom. The Hall–Kier alpha value is -3.38. The number of benzene rings is 2. The molecule has 32 heavy (non-hydrogen) atoms. The van der Waals surface area contributed by atoms with Crippen molar-refractivity contribution in [1.82, 2.24) is 10.3 Å². The molecular formula is C26H29N3O3. The van der Waals surface area contributed by atoms with Gasteiger partial charge >= 0.3 is 6.09 Å². The number of aromatic nitrogens is 1. The van der Waals surface area contributed by atoms with E-state index in [1.165, 1.54) is 11.1 Å². The van der Waals surface area contributed by atoms with E-state index in [0.717, 1.165) is 39.1 Å². The average Bonchev–Trinajstić information content (AvgIpc) is 2.79. The molecule has 0 saturated heterocycles. The van der Waals surface area contributed by atoms with Gasteiger partial charge in [-0.05, 0) is 61.7 Å². The standard InChI is InChI=1S/C26H29N3O3/c1-16-12-21-22(13-17(16)2)29-23-14-26(3,31-5)11-10-20(23)24(21)28-19-8-6-18(7-9-19)15-32-25(30)27-4/h6-13H,14-15H2,1-5H3,(H,27,30)(H,28,29).